The molecule has 86 valence electrons. The smallest absolute Gasteiger partial charge is 0.138 e. The molecular formula is C11H9Cl2FO2. The number of halogens is 3. The molecule has 1 aromatic carbocycles. The van der Waals surface area contributed by atoms with Crippen molar-refractivity contribution in [3.05, 3.63) is 33.6 Å². The molecular weight excluding hydrogens is 254 g/mol. The van der Waals surface area contributed by atoms with Crippen molar-refractivity contribution in [2.75, 3.05) is 6.61 Å². The zero-order chi connectivity index (χ0) is 11.7. The Bertz CT molecular complexity index is 411. The Kier molecular flexibility index (Phi) is 3.47. The summed E-state index contributed by atoms with van der Waals surface area (Å²) in [6, 6.07) is 2.34. The average molecular weight is 263 g/mol. The second kappa shape index (κ2) is 4.70. The molecule has 0 amide bonds. The number of hydrogen-bond donors (Lipinski definition) is 0. The van der Waals surface area contributed by atoms with E-state index >= 15 is 0 Å². The molecule has 0 saturated carbocycles. The summed E-state index contributed by atoms with van der Waals surface area (Å²) in [5, 5.41) is 0.398. The van der Waals surface area contributed by atoms with E-state index in [4.69, 9.17) is 27.9 Å². The van der Waals surface area contributed by atoms with Crippen LogP contribution in [-0.2, 0) is 9.53 Å². The zero-order valence-electron chi connectivity index (χ0n) is 8.30. The summed E-state index contributed by atoms with van der Waals surface area (Å²) in [4.78, 5) is 11.3. The van der Waals surface area contributed by atoms with Gasteiger partial charge in [0.15, 0.2) is 0 Å². The monoisotopic (exact) mass is 262 g/mol. The molecule has 2 nitrogen and oxygen atoms in total. The predicted molar refractivity (Wildman–Crippen MR) is 59.4 cm³/mol. The van der Waals surface area contributed by atoms with Crippen LogP contribution in [0.3, 0.4) is 0 Å². The highest BCUT2D eigenvalue weighted by Crippen LogP contribution is 2.36. The fourth-order valence-corrected chi connectivity index (χ4v) is 2.43. The van der Waals surface area contributed by atoms with Crippen LogP contribution in [0, 0.1) is 5.82 Å². The van der Waals surface area contributed by atoms with Gasteiger partial charge in [0, 0.05) is 18.4 Å². The molecule has 1 saturated heterocycles. The number of benzene rings is 1. The van der Waals surface area contributed by atoms with E-state index in [0.717, 1.165) is 0 Å². The number of ether oxygens (including phenoxy) is 1. The molecule has 0 bridgehead atoms. The van der Waals surface area contributed by atoms with E-state index in [0.29, 0.717) is 18.6 Å². The summed E-state index contributed by atoms with van der Waals surface area (Å²) in [5.41, 5.74) is 0.498. The van der Waals surface area contributed by atoms with Crippen LogP contribution in [-0.4, -0.2) is 12.4 Å². The first-order chi connectivity index (χ1) is 7.58. The number of ketones is 1. The molecule has 1 fully saturated rings. The minimum Gasteiger partial charge on any atom is -0.372 e. The summed E-state index contributed by atoms with van der Waals surface area (Å²) in [6.07, 6.45) is 0.194. The van der Waals surface area contributed by atoms with Crippen LogP contribution in [0.5, 0.6) is 0 Å². The average Bonchev–Trinajstić information content (AvgIpc) is 2.15. The Morgan fingerprint density at radius 2 is 1.94 bits per heavy atom. The Morgan fingerprint density at radius 3 is 2.50 bits per heavy atom. The minimum atomic E-state index is -0.499. The number of carbonyl (C=O) groups is 1. The summed E-state index contributed by atoms with van der Waals surface area (Å²) < 4.78 is 18.4. The summed E-state index contributed by atoms with van der Waals surface area (Å²) in [7, 11) is 0. The van der Waals surface area contributed by atoms with Crippen LogP contribution < -0.4 is 0 Å². The van der Waals surface area contributed by atoms with Crippen LogP contribution in [0.4, 0.5) is 4.39 Å². The topological polar surface area (TPSA) is 26.3 Å². The highest BCUT2D eigenvalue weighted by atomic mass is 35.5. The first kappa shape index (κ1) is 11.8. The van der Waals surface area contributed by atoms with E-state index < -0.39 is 11.9 Å². The molecule has 0 aromatic heterocycles. The van der Waals surface area contributed by atoms with Crippen LogP contribution in [0.25, 0.3) is 0 Å². The Hall–Kier alpha value is -0.640. The number of rotatable bonds is 1. The van der Waals surface area contributed by atoms with Crippen LogP contribution >= 0.6 is 23.2 Å². The van der Waals surface area contributed by atoms with Crippen molar-refractivity contribution in [1.29, 1.82) is 0 Å². The Balaban J connectivity index is 2.35. The van der Waals surface area contributed by atoms with Crippen molar-refractivity contribution in [3.63, 3.8) is 0 Å². The van der Waals surface area contributed by atoms with E-state index in [9.17, 15) is 9.18 Å². The van der Waals surface area contributed by atoms with Gasteiger partial charge in [-0.05, 0) is 12.1 Å². The second-order valence-corrected chi connectivity index (χ2v) is 4.45. The van der Waals surface area contributed by atoms with E-state index in [-0.39, 0.29) is 22.2 Å². The number of carbonyl (C=O) groups excluding carboxylic acids is 1. The fourth-order valence-electron chi connectivity index (χ4n) is 1.73. The number of Topliss-reactive ketones (excluding diaryl/α,β-unsaturated/α-hetero) is 1. The Morgan fingerprint density at radius 1 is 1.31 bits per heavy atom. The molecule has 1 aromatic rings. The second-order valence-electron chi connectivity index (χ2n) is 3.64. The predicted octanol–water partition coefficient (Wildman–Crippen LogP) is 3.55. The van der Waals surface area contributed by atoms with Gasteiger partial charge in [0.25, 0.3) is 0 Å². The van der Waals surface area contributed by atoms with Crippen molar-refractivity contribution in [2.45, 2.75) is 18.9 Å². The maximum absolute atomic E-state index is 13.0. The van der Waals surface area contributed by atoms with Gasteiger partial charge in [0.2, 0.25) is 0 Å². The van der Waals surface area contributed by atoms with Gasteiger partial charge in [-0.2, -0.15) is 0 Å². The van der Waals surface area contributed by atoms with Crippen molar-refractivity contribution < 1.29 is 13.9 Å². The molecule has 0 spiro atoms. The molecule has 2 rings (SSSR count). The van der Waals surface area contributed by atoms with Crippen LogP contribution in [0.2, 0.25) is 10.0 Å². The van der Waals surface area contributed by atoms with Gasteiger partial charge in [0.05, 0.1) is 22.8 Å². The Labute approximate surface area is 102 Å². The molecule has 1 atom stereocenters. The zero-order valence-corrected chi connectivity index (χ0v) is 9.82. The SMILES string of the molecule is O=C1CCOC(c2c(Cl)cc(F)cc2Cl)C1. The van der Waals surface area contributed by atoms with Gasteiger partial charge in [-0.1, -0.05) is 23.2 Å². The van der Waals surface area contributed by atoms with Crippen molar-refractivity contribution in [2.24, 2.45) is 0 Å². The molecule has 0 radical (unpaired) electrons. The van der Waals surface area contributed by atoms with Crippen LogP contribution in [0.15, 0.2) is 12.1 Å². The largest absolute Gasteiger partial charge is 0.372 e. The van der Waals surface area contributed by atoms with Gasteiger partial charge in [-0.15, -0.1) is 0 Å². The lowest BCUT2D eigenvalue weighted by molar-refractivity contribution is -0.128. The maximum atomic E-state index is 13.0. The standard InChI is InChI=1S/C11H9Cl2FO2/c12-8-3-6(14)4-9(13)11(8)10-5-7(15)1-2-16-10/h3-4,10H,1-2,5H2. The van der Waals surface area contributed by atoms with Crippen molar-refractivity contribution in [1.82, 2.24) is 0 Å². The first-order valence-electron chi connectivity index (χ1n) is 4.85. The van der Waals surface area contributed by atoms with E-state index in [1.165, 1.54) is 12.1 Å². The lowest BCUT2D eigenvalue weighted by Crippen LogP contribution is -2.20. The van der Waals surface area contributed by atoms with E-state index in [1.54, 1.807) is 0 Å². The summed E-state index contributed by atoms with van der Waals surface area (Å²) in [6.45, 7) is 0.355. The third-order valence-corrected chi connectivity index (χ3v) is 3.10. The fraction of sp³-hybridized carbons (Fsp3) is 0.364. The summed E-state index contributed by atoms with van der Waals surface area (Å²) in [5.74, 6) is -0.395. The van der Waals surface area contributed by atoms with Gasteiger partial charge in [-0.3, -0.25) is 4.79 Å². The third-order valence-electron chi connectivity index (χ3n) is 2.48. The molecule has 1 heterocycles. The van der Waals surface area contributed by atoms with Gasteiger partial charge >= 0.3 is 0 Å². The van der Waals surface area contributed by atoms with E-state index in [2.05, 4.69) is 0 Å². The lowest BCUT2D eigenvalue weighted by atomic mass is 10.0. The maximum Gasteiger partial charge on any atom is 0.138 e. The van der Waals surface area contributed by atoms with E-state index in [1.807, 2.05) is 0 Å². The van der Waals surface area contributed by atoms with Crippen LogP contribution in [0.1, 0.15) is 24.5 Å². The normalized spacial score (nSPS) is 21.2. The molecule has 1 unspecified atom stereocenters. The molecule has 5 heteroatoms. The quantitative estimate of drug-likeness (QED) is 0.774. The molecule has 16 heavy (non-hydrogen) atoms. The lowest BCUT2D eigenvalue weighted by Gasteiger charge is -2.23. The highest BCUT2D eigenvalue weighted by molar-refractivity contribution is 6.36. The van der Waals surface area contributed by atoms with Crippen molar-refractivity contribution in [3.8, 4) is 0 Å². The number of hydrogen-bond acceptors (Lipinski definition) is 2. The molecule has 1 aliphatic rings. The molecule has 1 aliphatic heterocycles. The highest BCUT2D eigenvalue weighted by Gasteiger charge is 2.26. The van der Waals surface area contributed by atoms with Gasteiger partial charge in [-0.25, -0.2) is 4.39 Å². The van der Waals surface area contributed by atoms with Gasteiger partial charge in [0.1, 0.15) is 11.6 Å². The third kappa shape index (κ3) is 2.37. The minimum absolute atomic E-state index is 0.104. The first-order valence-corrected chi connectivity index (χ1v) is 5.61. The van der Waals surface area contributed by atoms with Crippen molar-refractivity contribution >= 4 is 29.0 Å². The van der Waals surface area contributed by atoms with Gasteiger partial charge < -0.3 is 4.74 Å². The summed E-state index contributed by atoms with van der Waals surface area (Å²) >= 11 is 11.8. The molecule has 0 N–H and O–H groups in total. The molecule has 0 aliphatic carbocycles.